The SMILES string of the molecule is FC(F)(F)c1nc(C2=CCN(CCc3ccccc3)C=C2)no1. The Balaban J connectivity index is 1.58. The normalized spacial score (nSPS) is 14.9. The van der Waals surface area contributed by atoms with Crippen LogP contribution in [0.5, 0.6) is 0 Å². The Morgan fingerprint density at radius 3 is 2.57 bits per heavy atom. The van der Waals surface area contributed by atoms with Gasteiger partial charge in [-0.05, 0) is 18.1 Å². The van der Waals surface area contributed by atoms with E-state index in [1.165, 1.54) is 5.56 Å². The molecule has 1 aliphatic heterocycles. The summed E-state index contributed by atoms with van der Waals surface area (Å²) in [5, 5.41) is 3.38. The van der Waals surface area contributed by atoms with Crippen LogP contribution in [0.15, 0.2) is 53.2 Å². The van der Waals surface area contributed by atoms with Crippen molar-refractivity contribution in [3.8, 4) is 0 Å². The first-order chi connectivity index (χ1) is 11.0. The van der Waals surface area contributed by atoms with Gasteiger partial charge in [-0.2, -0.15) is 18.2 Å². The van der Waals surface area contributed by atoms with Crippen LogP contribution in [0.3, 0.4) is 0 Å². The second-order valence-corrected chi connectivity index (χ2v) is 5.13. The Bertz CT molecular complexity index is 720. The van der Waals surface area contributed by atoms with Crippen LogP contribution in [-0.4, -0.2) is 28.1 Å². The molecule has 3 rings (SSSR count). The molecule has 2 aromatic rings. The van der Waals surface area contributed by atoms with Crippen molar-refractivity contribution in [2.24, 2.45) is 0 Å². The van der Waals surface area contributed by atoms with Crippen molar-refractivity contribution in [3.63, 3.8) is 0 Å². The largest absolute Gasteiger partial charge is 0.471 e. The smallest absolute Gasteiger partial charge is 0.373 e. The highest BCUT2D eigenvalue weighted by Crippen LogP contribution is 2.29. The fraction of sp³-hybridized carbons (Fsp3) is 0.250. The molecule has 0 unspecified atom stereocenters. The maximum atomic E-state index is 12.5. The minimum Gasteiger partial charge on any atom is -0.373 e. The van der Waals surface area contributed by atoms with E-state index in [0.717, 1.165) is 13.0 Å². The fourth-order valence-corrected chi connectivity index (χ4v) is 2.24. The number of nitrogens with zero attached hydrogens (tertiary/aromatic N) is 3. The average Bonchev–Trinajstić information content (AvgIpc) is 3.05. The van der Waals surface area contributed by atoms with Gasteiger partial charge >= 0.3 is 12.1 Å². The van der Waals surface area contributed by atoms with Gasteiger partial charge in [0.25, 0.3) is 0 Å². The van der Waals surface area contributed by atoms with Gasteiger partial charge in [-0.3, -0.25) is 0 Å². The number of hydrogen-bond acceptors (Lipinski definition) is 4. The number of rotatable bonds is 4. The summed E-state index contributed by atoms with van der Waals surface area (Å²) in [5.74, 6) is -1.37. The molecule has 0 spiro atoms. The van der Waals surface area contributed by atoms with Gasteiger partial charge in [0.2, 0.25) is 5.82 Å². The summed E-state index contributed by atoms with van der Waals surface area (Å²) in [6.07, 6.45) is 1.60. The van der Waals surface area contributed by atoms with Crippen LogP contribution in [0.1, 0.15) is 17.3 Å². The van der Waals surface area contributed by atoms with Crippen molar-refractivity contribution in [1.82, 2.24) is 15.0 Å². The number of hydrogen-bond donors (Lipinski definition) is 0. The molecule has 4 nitrogen and oxygen atoms in total. The summed E-state index contributed by atoms with van der Waals surface area (Å²) in [6, 6.07) is 10.1. The van der Waals surface area contributed by atoms with Crippen molar-refractivity contribution in [1.29, 1.82) is 0 Å². The third-order valence-electron chi connectivity index (χ3n) is 3.47. The number of aromatic nitrogens is 2. The summed E-state index contributed by atoms with van der Waals surface area (Å²) in [4.78, 5) is 5.45. The monoisotopic (exact) mass is 321 g/mol. The van der Waals surface area contributed by atoms with E-state index < -0.39 is 12.1 Å². The van der Waals surface area contributed by atoms with Crippen LogP contribution in [0, 0.1) is 0 Å². The second-order valence-electron chi connectivity index (χ2n) is 5.13. The van der Waals surface area contributed by atoms with E-state index in [-0.39, 0.29) is 5.82 Å². The molecule has 1 aromatic carbocycles. The van der Waals surface area contributed by atoms with Gasteiger partial charge in [0.05, 0.1) is 0 Å². The maximum absolute atomic E-state index is 12.5. The first-order valence-corrected chi connectivity index (χ1v) is 7.10. The van der Waals surface area contributed by atoms with Gasteiger partial charge in [-0.25, -0.2) is 0 Å². The zero-order valence-corrected chi connectivity index (χ0v) is 12.1. The van der Waals surface area contributed by atoms with E-state index in [0.29, 0.717) is 12.1 Å². The number of benzene rings is 1. The molecule has 0 amide bonds. The van der Waals surface area contributed by atoms with Gasteiger partial charge in [0, 0.05) is 24.9 Å². The van der Waals surface area contributed by atoms with Gasteiger partial charge in [0.1, 0.15) is 0 Å². The van der Waals surface area contributed by atoms with Crippen LogP contribution in [0.25, 0.3) is 5.57 Å². The van der Waals surface area contributed by atoms with Crippen molar-refractivity contribution < 1.29 is 17.7 Å². The molecule has 0 fully saturated rings. The number of alkyl halides is 3. The molecule has 7 heteroatoms. The molecule has 0 N–H and O–H groups in total. The molecule has 1 aromatic heterocycles. The highest BCUT2D eigenvalue weighted by molar-refractivity contribution is 5.70. The van der Waals surface area contributed by atoms with E-state index in [2.05, 4.69) is 31.7 Å². The summed E-state index contributed by atoms with van der Waals surface area (Å²) in [7, 11) is 0. The zero-order valence-electron chi connectivity index (χ0n) is 12.1. The van der Waals surface area contributed by atoms with Crippen molar-refractivity contribution in [2.75, 3.05) is 13.1 Å². The third kappa shape index (κ3) is 3.80. The van der Waals surface area contributed by atoms with Gasteiger partial charge in [0.15, 0.2) is 0 Å². The highest BCUT2D eigenvalue weighted by Gasteiger charge is 2.38. The molecule has 2 heterocycles. The molecule has 0 aliphatic carbocycles. The van der Waals surface area contributed by atoms with Crippen LogP contribution < -0.4 is 0 Å². The molecule has 1 aliphatic rings. The lowest BCUT2D eigenvalue weighted by atomic mass is 10.1. The maximum Gasteiger partial charge on any atom is 0.471 e. The Morgan fingerprint density at radius 2 is 1.96 bits per heavy atom. The molecular formula is C16H14F3N3O. The molecule has 0 saturated heterocycles. The third-order valence-corrected chi connectivity index (χ3v) is 3.47. The molecule has 0 atom stereocenters. The molecule has 0 saturated carbocycles. The Kier molecular flexibility index (Phi) is 4.18. The van der Waals surface area contributed by atoms with Crippen LogP contribution in [-0.2, 0) is 12.6 Å². The van der Waals surface area contributed by atoms with Crippen molar-refractivity contribution in [2.45, 2.75) is 12.6 Å². The van der Waals surface area contributed by atoms with Crippen molar-refractivity contribution in [3.05, 3.63) is 66.0 Å². The van der Waals surface area contributed by atoms with E-state index >= 15 is 0 Å². The van der Waals surface area contributed by atoms with Gasteiger partial charge in [-0.1, -0.05) is 41.6 Å². The summed E-state index contributed by atoms with van der Waals surface area (Å²) in [6.45, 7) is 1.42. The predicted octanol–water partition coefficient (Wildman–Crippen LogP) is 3.54. The van der Waals surface area contributed by atoms with E-state index in [4.69, 9.17) is 0 Å². The first kappa shape index (κ1) is 15.3. The van der Waals surface area contributed by atoms with Gasteiger partial charge in [-0.15, -0.1) is 0 Å². The minimum absolute atomic E-state index is 0.0451. The number of halogens is 3. The van der Waals surface area contributed by atoms with Gasteiger partial charge < -0.3 is 9.42 Å². The summed E-state index contributed by atoms with van der Waals surface area (Å²) in [5.41, 5.74) is 1.77. The van der Waals surface area contributed by atoms with Crippen LogP contribution in [0.4, 0.5) is 13.2 Å². The molecule has 0 bridgehead atoms. The lowest BCUT2D eigenvalue weighted by Crippen LogP contribution is -2.22. The Hall–Kier alpha value is -2.57. The Morgan fingerprint density at radius 1 is 1.17 bits per heavy atom. The lowest BCUT2D eigenvalue weighted by Gasteiger charge is -2.21. The average molecular weight is 321 g/mol. The number of allylic oxidation sites excluding steroid dienone is 2. The van der Waals surface area contributed by atoms with E-state index in [1.54, 1.807) is 12.2 Å². The molecule has 23 heavy (non-hydrogen) atoms. The van der Waals surface area contributed by atoms with E-state index in [9.17, 15) is 13.2 Å². The van der Waals surface area contributed by atoms with Crippen molar-refractivity contribution >= 4 is 5.57 Å². The summed E-state index contributed by atoms with van der Waals surface area (Å²) < 4.78 is 41.6. The predicted molar refractivity (Wildman–Crippen MR) is 78.1 cm³/mol. The topological polar surface area (TPSA) is 42.2 Å². The fourth-order valence-electron chi connectivity index (χ4n) is 2.24. The molecule has 120 valence electrons. The zero-order chi connectivity index (χ0) is 16.3. The van der Waals surface area contributed by atoms with Crippen LogP contribution in [0.2, 0.25) is 0 Å². The second kappa shape index (κ2) is 6.28. The first-order valence-electron chi connectivity index (χ1n) is 7.10. The Labute approximate surface area is 130 Å². The standard InChI is InChI=1S/C16H14F3N3O/c17-16(18,19)15-20-14(21-23-15)13-7-10-22(11-8-13)9-6-12-4-2-1-3-5-12/h1-5,7-8,10H,6,9,11H2. The minimum atomic E-state index is -4.62. The van der Waals surface area contributed by atoms with E-state index in [1.807, 2.05) is 24.4 Å². The summed E-state index contributed by atoms with van der Waals surface area (Å²) >= 11 is 0. The molecular weight excluding hydrogens is 307 g/mol. The van der Waals surface area contributed by atoms with Crippen LogP contribution >= 0.6 is 0 Å². The highest BCUT2D eigenvalue weighted by atomic mass is 19.4. The quantitative estimate of drug-likeness (QED) is 0.864. The lowest BCUT2D eigenvalue weighted by molar-refractivity contribution is -0.159. The molecule has 0 radical (unpaired) electrons.